The van der Waals surface area contributed by atoms with Crippen molar-refractivity contribution in [1.29, 1.82) is 0 Å². The number of amides is 1. The zero-order valence-corrected chi connectivity index (χ0v) is 13.9. The molecule has 7 nitrogen and oxygen atoms in total. The molecule has 1 heterocycles. The number of benzene rings is 1. The highest BCUT2D eigenvalue weighted by Gasteiger charge is 2.14. The molecule has 0 unspecified atom stereocenters. The number of aromatic nitrogens is 2. The van der Waals surface area contributed by atoms with Gasteiger partial charge in [-0.2, -0.15) is 0 Å². The first-order chi connectivity index (χ1) is 10.6. The molecule has 0 aliphatic rings. The first kappa shape index (κ1) is 18.9. The van der Waals surface area contributed by atoms with Crippen LogP contribution in [0.2, 0.25) is 0 Å². The molecule has 2 rings (SSSR count). The molecule has 0 aliphatic heterocycles. The molecular formula is C15H21ClN5O2-. The number of nitrogens with zero attached hydrogens (tertiary/aromatic N) is 2. The van der Waals surface area contributed by atoms with Crippen molar-refractivity contribution in [3.05, 3.63) is 41.1 Å². The molecule has 0 fully saturated rings. The van der Waals surface area contributed by atoms with E-state index in [9.17, 15) is 4.79 Å². The zero-order chi connectivity index (χ0) is 15.9. The van der Waals surface area contributed by atoms with Gasteiger partial charge in [0.15, 0.2) is 0 Å². The Hall–Kier alpha value is -2.12. The molecule has 0 atom stereocenters. The van der Waals surface area contributed by atoms with Crippen molar-refractivity contribution in [2.45, 2.75) is 26.3 Å². The Labute approximate surface area is 141 Å². The first-order valence-corrected chi connectivity index (χ1v) is 7.23. The number of nitrogen functional groups attached to an aromatic ring is 1. The Bertz CT molecular complexity index is 613. The monoisotopic (exact) mass is 338 g/mol. The third-order valence-corrected chi connectivity index (χ3v) is 3.29. The smallest absolute Gasteiger partial charge is 0.277 e. The number of halogens is 1. The van der Waals surface area contributed by atoms with Gasteiger partial charge in [0.05, 0.1) is 0 Å². The van der Waals surface area contributed by atoms with Gasteiger partial charge in [-0.05, 0) is 27.4 Å². The summed E-state index contributed by atoms with van der Waals surface area (Å²) in [5, 5.41) is 12.7. The molecule has 8 heteroatoms. The maximum atomic E-state index is 11.7. The molecule has 1 amide bonds. The highest BCUT2D eigenvalue weighted by Crippen LogP contribution is 2.14. The van der Waals surface area contributed by atoms with Crippen molar-refractivity contribution in [2.75, 3.05) is 18.8 Å². The van der Waals surface area contributed by atoms with Gasteiger partial charge in [-0.25, -0.2) is 4.63 Å². The summed E-state index contributed by atoms with van der Waals surface area (Å²) in [6, 6.07) is 8.51. The summed E-state index contributed by atoms with van der Waals surface area (Å²) >= 11 is 0. The second kappa shape index (κ2) is 9.12. The number of anilines is 1. The predicted octanol–water partition coefficient (Wildman–Crippen LogP) is -1.70. The Morgan fingerprint density at radius 3 is 2.48 bits per heavy atom. The lowest BCUT2D eigenvalue weighted by Crippen LogP contribution is -3.00. The average Bonchev–Trinajstić information content (AvgIpc) is 2.93. The van der Waals surface area contributed by atoms with E-state index in [1.807, 2.05) is 0 Å². The number of carbonyl (C=O) groups is 1. The van der Waals surface area contributed by atoms with E-state index in [0.717, 1.165) is 6.54 Å². The summed E-state index contributed by atoms with van der Waals surface area (Å²) in [7, 11) is 0. The van der Waals surface area contributed by atoms with Gasteiger partial charge in [0.2, 0.25) is 11.5 Å². The molecule has 4 N–H and O–H groups in total. The van der Waals surface area contributed by atoms with Crippen molar-refractivity contribution in [1.82, 2.24) is 20.9 Å². The number of nitrogens with two attached hydrogens (primary N) is 1. The van der Waals surface area contributed by atoms with Gasteiger partial charge in [0.25, 0.3) is 5.91 Å². The maximum absolute atomic E-state index is 11.7. The topological polar surface area (TPSA) is 106 Å². The lowest BCUT2D eigenvalue weighted by molar-refractivity contribution is -0.0000136. The minimum absolute atomic E-state index is 0. The quantitative estimate of drug-likeness (QED) is 0.520. The summed E-state index contributed by atoms with van der Waals surface area (Å²) in [5.74, 6) is 0.146. The van der Waals surface area contributed by atoms with Crippen LogP contribution in [0.1, 0.15) is 41.4 Å². The van der Waals surface area contributed by atoms with Crippen molar-refractivity contribution in [2.24, 2.45) is 0 Å². The Balaban J connectivity index is 0.00000264. The third-order valence-electron chi connectivity index (χ3n) is 3.29. The molecule has 0 spiro atoms. The first-order valence-electron chi connectivity index (χ1n) is 7.23. The summed E-state index contributed by atoms with van der Waals surface area (Å²) in [6.07, 6.45) is 0. The summed E-state index contributed by atoms with van der Waals surface area (Å²) in [5.41, 5.74) is 7.99. The van der Waals surface area contributed by atoms with Crippen molar-refractivity contribution in [3.63, 3.8) is 0 Å². The summed E-state index contributed by atoms with van der Waals surface area (Å²) in [4.78, 5) is 11.7. The number of carbonyl (C=O) groups excluding carboxylic acids is 1. The molecule has 0 aliphatic carbocycles. The van der Waals surface area contributed by atoms with Crippen LogP contribution in [0.5, 0.6) is 0 Å². The van der Waals surface area contributed by atoms with Crippen molar-refractivity contribution >= 4 is 11.7 Å². The van der Waals surface area contributed by atoms with E-state index in [1.54, 1.807) is 0 Å². The van der Waals surface area contributed by atoms with Gasteiger partial charge >= 0.3 is 0 Å². The lowest BCUT2D eigenvalue weighted by atomic mass is 10.0. The number of rotatable bonds is 7. The van der Waals surface area contributed by atoms with Gasteiger partial charge < -0.3 is 28.8 Å². The Morgan fingerprint density at radius 1 is 1.22 bits per heavy atom. The minimum Gasteiger partial charge on any atom is -1.00 e. The summed E-state index contributed by atoms with van der Waals surface area (Å²) in [6.45, 7) is 6.21. The summed E-state index contributed by atoms with van der Waals surface area (Å²) < 4.78 is 4.38. The third kappa shape index (κ3) is 5.54. The van der Waals surface area contributed by atoms with Gasteiger partial charge in [0, 0.05) is 19.6 Å². The number of hydrogen-bond donors (Lipinski definition) is 3. The van der Waals surface area contributed by atoms with Gasteiger partial charge in [0.1, 0.15) is 0 Å². The van der Waals surface area contributed by atoms with Crippen LogP contribution in [-0.2, 0) is 6.54 Å². The molecule has 0 saturated carbocycles. The SMILES string of the molecule is CC(C)c1ccc(CNCCNC(=O)c2nonc2N)cc1.[Cl-]. The van der Waals surface area contributed by atoms with Crippen LogP contribution >= 0.6 is 0 Å². The normalized spacial score (nSPS) is 10.4. The van der Waals surface area contributed by atoms with E-state index in [-0.39, 0.29) is 29.8 Å². The lowest BCUT2D eigenvalue weighted by Gasteiger charge is -2.08. The van der Waals surface area contributed by atoms with Crippen LogP contribution in [0.15, 0.2) is 28.9 Å². The average molecular weight is 339 g/mol. The molecular weight excluding hydrogens is 318 g/mol. The molecule has 1 aromatic carbocycles. The van der Waals surface area contributed by atoms with E-state index in [2.05, 4.69) is 63.7 Å². The van der Waals surface area contributed by atoms with E-state index in [1.165, 1.54) is 11.1 Å². The van der Waals surface area contributed by atoms with Crippen molar-refractivity contribution in [3.8, 4) is 0 Å². The van der Waals surface area contributed by atoms with E-state index in [0.29, 0.717) is 19.0 Å². The van der Waals surface area contributed by atoms with Gasteiger partial charge in [-0.1, -0.05) is 38.1 Å². The van der Waals surface area contributed by atoms with Gasteiger partial charge in [-0.15, -0.1) is 0 Å². The second-order valence-corrected chi connectivity index (χ2v) is 5.33. The maximum Gasteiger partial charge on any atom is 0.277 e. The minimum atomic E-state index is -0.387. The van der Waals surface area contributed by atoms with E-state index < -0.39 is 0 Å². The largest absolute Gasteiger partial charge is 1.00 e. The fourth-order valence-electron chi connectivity index (χ4n) is 1.95. The molecule has 23 heavy (non-hydrogen) atoms. The Kier molecular flexibility index (Phi) is 7.50. The van der Waals surface area contributed by atoms with Gasteiger partial charge in [-0.3, -0.25) is 4.79 Å². The second-order valence-electron chi connectivity index (χ2n) is 5.33. The highest BCUT2D eigenvalue weighted by atomic mass is 35.5. The van der Waals surface area contributed by atoms with Crippen LogP contribution < -0.4 is 28.8 Å². The molecule has 2 aromatic rings. The molecule has 0 bridgehead atoms. The fourth-order valence-corrected chi connectivity index (χ4v) is 1.95. The fraction of sp³-hybridized carbons (Fsp3) is 0.400. The van der Waals surface area contributed by atoms with Crippen LogP contribution in [-0.4, -0.2) is 29.3 Å². The van der Waals surface area contributed by atoms with E-state index >= 15 is 0 Å². The van der Waals surface area contributed by atoms with Crippen LogP contribution in [0.3, 0.4) is 0 Å². The molecule has 126 valence electrons. The van der Waals surface area contributed by atoms with Crippen LogP contribution in [0, 0.1) is 0 Å². The van der Waals surface area contributed by atoms with Crippen LogP contribution in [0.4, 0.5) is 5.82 Å². The molecule has 0 radical (unpaired) electrons. The van der Waals surface area contributed by atoms with Crippen LogP contribution in [0.25, 0.3) is 0 Å². The predicted molar refractivity (Wildman–Crippen MR) is 83.3 cm³/mol. The zero-order valence-electron chi connectivity index (χ0n) is 13.2. The highest BCUT2D eigenvalue weighted by molar-refractivity contribution is 5.95. The van der Waals surface area contributed by atoms with Crippen molar-refractivity contribution < 1.29 is 21.8 Å². The van der Waals surface area contributed by atoms with E-state index in [4.69, 9.17) is 5.73 Å². The number of hydrogen-bond acceptors (Lipinski definition) is 6. The Morgan fingerprint density at radius 2 is 1.91 bits per heavy atom. The number of nitrogens with one attached hydrogen (secondary N) is 2. The standard InChI is InChI=1S/C15H21N5O2.ClH/c1-10(2)12-5-3-11(4-6-12)9-17-7-8-18-15(21)13-14(16)20-22-19-13;/h3-6,10,17H,7-9H2,1-2H3,(H2,16,20)(H,18,21);1H/p-1. The molecule has 1 aromatic heterocycles. The molecule has 0 saturated heterocycles.